The molecular formula is C15H13BrN4O. The molecule has 106 valence electrons. The third-order valence-corrected chi connectivity index (χ3v) is 3.50. The fourth-order valence-corrected chi connectivity index (χ4v) is 2.40. The summed E-state index contributed by atoms with van der Waals surface area (Å²) in [6.07, 6.45) is 7.05. The molecule has 0 unspecified atom stereocenters. The molecule has 0 radical (unpaired) electrons. The first-order chi connectivity index (χ1) is 10.1. The first-order valence-corrected chi connectivity index (χ1v) is 7.24. The molecule has 3 heterocycles. The van der Waals surface area contributed by atoms with Gasteiger partial charge in [0.2, 0.25) is 0 Å². The molecule has 0 aliphatic carbocycles. The van der Waals surface area contributed by atoms with Gasteiger partial charge in [0.15, 0.2) is 0 Å². The highest BCUT2D eigenvalue weighted by atomic mass is 79.9. The lowest BCUT2D eigenvalue weighted by Gasteiger charge is -2.02. The lowest BCUT2D eigenvalue weighted by Crippen LogP contribution is -2.23. The molecule has 3 aromatic heterocycles. The maximum atomic E-state index is 12.0. The van der Waals surface area contributed by atoms with Crippen molar-refractivity contribution in [2.75, 3.05) is 0 Å². The van der Waals surface area contributed by atoms with Crippen molar-refractivity contribution in [2.24, 2.45) is 0 Å². The van der Waals surface area contributed by atoms with Gasteiger partial charge in [0.25, 0.3) is 5.91 Å². The van der Waals surface area contributed by atoms with E-state index in [4.69, 9.17) is 0 Å². The van der Waals surface area contributed by atoms with Gasteiger partial charge in [-0.2, -0.15) is 0 Å². The molecule has 3 aromatic rings. The van der Waals surface area contributed by atoms with E-state index >= 15 is 0 Å². The number of pyridine rings is 2. The van der Waals surface area contributed by atoms with Crippen LogP contribution in [0.3, 0.4) is 0 Å². The highest BCUT2D eigenvalue weighted by molar-refractivity contribution is 9.10. The summed E-state index contributed by atoms with van der Waals surface area (Å²) in [5.41, 5.74) is 3.37. The fourth-order valence-electron chi connectivity index (χ4n) is 2.03. The standard InChI is InChI=1S/C15H13BrN4O/c1-10-2-3-20-9-13(19-14(20)4-10)8-18-15(21)11-5-12(16)7-17-6-11/h2-7,9H,8H2,1H3,(H,18,21). The van der Waals surface area contributed by atoms with E-state index in [0.717, 1.165) is 21.4 Å². The molecule has 0 aromatic carbocycles. The van der Waals surface area contributed by atoms with Crippen LogP contribution >= 0.6 is 15.9 Å². The number of nitrogens with zero attached hydrogens (tertiary/aromatic N) is 3. The Morgan fingerprint density at radius 2 is 2.24 bits per heavy atom. The number of hydrogen-bond acceptors (Lipinski definition) is 3. The topological polar surface area (TPSA) is 59.3 Å². The number of halogens is 1. The van der Waals surface area contributed by atoms with E-state index in [-0.39, 0.29) is 5.91 Å². The molecule has 0 aliphatic heterocycles. The smallest absolute Gasteiger partial charge is 0.253 e. The summed E-state index contributed by atoms with van der Waals surface area (Å²) < 4.78 is 2.72. The summed E-state index contributed by atoms with van der Waals surface area (Å²) in [5, 5.41) is 2.84. The summed E-state index contributed by atoms with van der Waals surface area (Å²) in [6, 6.07) is 5.75. The van der Waals surface area contributed by atoms with E-state index in [9.17, 15) is 4.79 Å². The van der Waals surface area contributed by atoms with Gasteiger partial charge in [0.1, 0.15) is 5.65 Å². The number of aromatic nitrogens is 3. The zero-order valence-electron chi connectivity index (χ0n) is 11.4. The van der Waals surface area contributed by atoms with Gasteiger partial charge in [-0.05, 0) is 46.6 Å². The molecule has 0 saturated heterocycles. The van der Waals surface area contributed by atoms with Crippen LogP contribution in [0.15, 0.2) is 47.5 Å². The summed E-state index contributed by atoms with van der Waals surface area (Å²) in [5.74, 6) is -0.169. The Morgan fingerprint density at radius 3 is 3.05 bits per heavy atom. The van der Waals surface area contributed by atoms with Crippen LogP contribution in [0.25, 0.3) is 5.65 Å². The van der Waals surface area contributed by atoms with E-state index in [1.807, 2.05) is 35.9 Å². The third-order valence-electron chi connectivity index (χ3n) is 3.06. The van der Waals surface area contributed by atoms with Gasteiger partial charge in [0, 0.05) is 29.3 Å². The lowest BCUT2D eigenvalue weighted by molar-refractivity contribution is 0.0950. The van der Waals surface area contributed by atoms with Crippen molar-refractivity contribution in [3.8, 4) is 0 Å². The van der Waals surface area contributed by atoms with Crippen molar-refractivity contribution >= 4 is 27.5 Å². The van der Waals surface area contributed by atoms with E-state index in [1.54, 1.807) is 12.3 Å². The summed E-state index contributed by atoms with van der Waals surface area (Å²) in [6.45, 7) is 2.41. The molecule has 0 saturated carbocycles. The zero-order chi connectivity index (χ0) is 14.8. The highest BCUT2D eigenvalue weighted by Gasteiger charge is 2.08. The van der Waals surface area contributed by atoms with Crippen molar-refractivity contribution < 1.29 is 4.79 Å². The van der Waals surface area contributed by atoms with Gasteiger partial charge in [0.05, 0.1) is 17.8 Å². The molecule has 0 atom stereocenters. The fraction of sp³-hybridized carbons (Fsp3) is 0.133. The number of amides is 1. The van der Waals surface area contributed by atoms with Gasteiger partial charge >= 0.3 is 0 Å². The molecule has 0 aliphatic rings. The second-order valence-corrected chi connectivity index (χ2v) is 5.69. The van der Waals surface area contributed by atoms with E-state index in [2.05, 4.69) is 31.2 Å². The number of aryl methyl sites for hydroxylation is 1. The van der Waals surface area contributed by atoms with Gasteiger partial charge in [-0.25, -0.2) is 4.98 Å². The molecular weight excluding hydrogens is 332 g/mol. The number of rotatable bonds is 3. The number of imidazole rings is 1. The Hall–Kier alpha value is -2.21. The molecule has 3 rings (SSSR count). The van der Waals surface area contributed by atoms with Crippen molar-refractivity contribution in [3.05, 3.63) is 64.3 Å². The molecule has 1 amide bonds. The molecule has 1 N–H and O–H groups in total. The Kier molecular flexibility index (Phi) is 3.70. The summed E-state index contributed by atoms with van der Waals surface area (Å²) >= 11 is 3.30. The minimum Gasteiger partial charge on any atom is -0.346 e. The average Bonchev–Trinajstić information content (AvgIpc) is 2.86. The van der Waals surface area contributed by atoms with Crippen LogP contribution in [0.5, 0.6) is 0 Å². The van der Waals surface area contributed by atoms with Crippen LogP contribution in [0.4, 0.5) is 0 Å². The van der Waals surface area contributed by atoms with E-state index in [1.165, 1.54) is 6.20 Å². The van der Waals surface area contributed by atoms with Crippen LogP contribution in [0.1, 0.15) is 21.6 Å². The average molecular weight is 345 g/mol. The first-order valence-electron chi connectivity index (χ1n) is 6.45. The molecule has 0 fully saturated rings. The van der Waals surface area contributed by atoms with E-state index in [0.29, 0.717) is 12.1 Å². The van der Waals surface area contributed by atoms with Crippen LogP contribution in [-0.4, -0.2) is 20.3 Å². The molecule has 6 heteroatoms. The van der Waals surface area contributed by atoms with Crippen molar-refractivity contribution in [2.45, 2.75) is 13.5 Å². The van der Waals surface area contributed by atoms with E-state index < -0.39 is 0 Å². The first kappa shape index (κ1) is 13.8. The number of carbonyl (C=O) groups excluding carboxylic acids is 1. The summed E-state index contributed by atoms with van der Waals surface area (Å²) in [7, 11) is 0. The van der Waals surface area contributed by atoms with Crippen LogP contribution in [0, 0.1) is 6.92 Å². The quantitative estimate of drug-likeness (QED) is 0.794. The number of nitrogens with one attached hydrogen (secondary N) is 1. The minimum atomic E-state index is -0.169. The Bertz CT molecular complexity index is 812. The molecule has 21 heavy (non-hydrogen) atoms. The van der Waals surface area contributed by atoms with Gasteiger partial charge in [-0.15, -0.1) is 0 Å². The Labute approximate surface area is 130 Å². The van der Waals surface area contributed by atoms with Crippen LogP contribution < -0.4 is 5.32 Å². The molecule has 0 bridgehead atoms. The lowest BCUT2D eigenvalue weighted by atomic mass is 10.2. The maximum absolute atomic E-state index is 12.0. The highest BCUT2D eigenvalue weighted by Crippen LogP contribution is 2.10. The van der Waals surface area contributed by atoms with Gasteiger partial charge < -0.3 is 9.72 Å². The second-order valence-electron chi connectivity index (χ2n) is 4.78. The predicted molar refractivity (Wildman–Crippen MR) is 83.0 cm³/mol. The number of hydrogen-bond donors (Lipinski definition) is 1. The van der Waals surface area contributed by atoms with Gasteiger partial charge in [-0.1, -0.05) is 0 Å². The predicted octanol–water partition coefficient (Wildman–Crippen LogP) is 2.73. The normalized spacial score (nSPS) is 10.8. The van der Waals surface area contributed by atoms with Crippen molar-refractivity contribution in [3.63, 3.8) is 0 Å². The Balaban J connectivity index is 1.72. The number of fused-ring (bicyclic) bond motifs is 1. The third kappa shape index (κ3) is 3.11. The molecule has 0 spiro atoms. The largest absolute Gasteiger partial charge is 0.346 e. The van der Waals surface area contributed by atoms with Crippen molar-refractivity contribution in [1.29, 1.82) is 0 Å². The Morgan fingerprint density at radius 1 is 1.38 bits per heavy atom. The second kappa shape index (κ2) is 5.65. The maximum Gasteiger partial charge on any atom is 0.253 e. The van der Waals surface area contributed by atoms with Crippen LogP contribution in [-0.2, 0) is 6.54 Å². The molecule has 5 nitrogen and oxygen atoms in total. The van der Waals surface area contributed by atoms with Crippen LogP contribution in [0.2, 0.25) is 0 Å². The minimum absolute atomic E-state index is 0.169. The SMILES string of the molecule is Cc1ccn2cc(CNC(=O)c3cncc(Br)c3)nc2c1. The monoisotopic (exact) mass is 344 g/mol. The summed E-state index contributed by atoms with van der Waals surface area (Å²) in [4.78, 5) is 20.5. The number of carbonyl (C=O) groups is 1. The zero-order valence-corrected chi connectivity index (χ0v) is 13.0. The van der Waals surface area contributed by atoms with Gasteiger partial charge in [-0.3, -0.25) is 9.78 Å². The van der Waals surface area contributed by atoms with Crippen molar-refractivity contribution in [1.82, 2.24) is 19.7 Å².